The Morgan fingerprint density at radius 1 is 1.32 bits per heavy atom. The molecule has 1 N–H and O–H groups in total. The summed E-state index contributed by atoms with van der Waals surface area (Å²) in [5.41, 5.74) is 3.67. The fourth-order valence-corrected chi connectivity index (χ4v) is 5.07. The minimum absolute atomic E-state index is 0.142. The lowest BCUT2D eigenvalue weighted by molar-refractivity contribution is -0.113. The Morgan fingerprint density at radius 2 is 2.14 bits per heavy atom. The average Bonchev–Trinajstić information content (AvgIpc) is 3.30. The molecule has 1 aliphatic rings. The Hall–Kier alpha value is -2.63. The second kappa shape index (κ2) is 8.17. The highest BCUT2D eigenvalue weighted by molar-refractivity contribution is 7.99. The van der Waals surface area contributed by atoms with Crippen molar-refractivity contribution < 1.29 is 9.21 Å². The molecule has 2 heterocycles. The summed E-state index contributed by atoms with van der Waals surface area (Å²) in [4.78, 5) is 13.6. The van der Waals surface area contributed by atoms with Crippen molar-refractivity contribution in [1.29, 1.82) is 5.26 Å². The van der Waals surface area contributed by atoms with Crippen LogP contribution in [0.3, 0.4) is 0 Å². The number of nitrogens with one attached hydrogen (secondary N) is 1. The highest BCUT2D eigenvalue weighted by Crippen LogP contribution is 2.37. The van der Waals surface area contributed by atoms with Crippen molar-refractivity contribution in [1.82, 2.24) is 10.2 Å². The third-order valence-electron chi connectivity index (χ3n) is 4.64. The largest absolute Gasteiger partial charge is 0.411 e. The van der Waals surface area contributed by atoms with E-state index < -0.39 is 0 Å². The zero-order valence-corrected chi connectivity index (χ0v) is 17.0. The van der Waals surface area contributed by atoms with Gasteiger partial charge in [-0.25, -0.2) is 0 Å². The fourth-order valence-electron chi connectivity index (χ4n) is 3.25. The predicted octanol–water partition coefficient (Wildman–Crippen LogP) is 4.59. The van der Waals surface area contributed by atoms with Crippen LogP contribution in [-0.2, 0) is 17.6 Å². The minimum atomic E-state index is -0.185. The molecule has 0 bridgehead atoms. The maximum atomic E-state index is 12.4. The first-order chi connectivity index (χ1) is 13.7. The molecule has 142 valence electrons. The third-order valence-corrected chi connectivity index (χ3v) is 6.67. The molecule has 6 nitrogen and oxygen atoms in total. The number of thiophene rings is 1. The predicted molar refractivity (Wildman–Crippen MR) is 110 cm³/mol. The summed E-state index contributed by atoms with van der Waals surface area (Å²) in [6.45, 7) is 1.98. The van der Waals surface area contributed by atoms with Gasteiger partial charge in [-0.1, -0.05) is 30.0 Å². The molecule has 0 radical (unpaired) electrons. The number of hydrogen-bond acceptors (Lipinski definition) is 7. The Kier molecular flexibility index (Phi) is 5.46. The van der Waals surface area contributed by atoms with Crippen LogP contribution in [-0.4, -0.2) is 21.9 Å². The molecule has 1 aromatic carbocycles. The van der Waals surface area contributed by atoms with Gasteiger partial charge < -0.3 is 9.73 Å². The number of hydrogen-bond donors (Lipinski definition) is 1. The molecule has 2 aromatic heterocycles. The van der Waals surface area contributed by atoms with Crippen molar-refractivity contribution in [2.75, 3.05) is 11.1 Å². The molecule has 0 unspecified atom stereocenters. The summed E-state index contributed by atoms with van der Waals surface area (Å²) in [7, 11) is 0. The topological polar surface area (TPSA) is 91.8 Å². The lowest BCUT2D eigenvalue weighted by Crippen LogP contribution is -2.14. The summed E-state index contributed by atoms with van der Waals surface area (Å²) in [5, 5.41) is 21.5. The number of rotatable bonds is 5. The van der Waals surface area contributed by atoms with Gasteiger partial charge in [0.25, 0.3) is 5.22 Å². The zero-order chi connectivity index (χ0) is 19.5. The number of amides is 1. The number of benzene rings is 1. The second-order valence-electron chi connectivity index (χ2n) is 6.55. The van der Waals surface area contributed by atoms with Gasteiger partial charge in [-0.15, -0.1) is 21.5 Å². The summed E-state index contributed by atoms with van der Waals surface area (Å²) in [5.74, 6) is 0.400. The number of anilines is 1. The molecule has 0 spiro atoms. The zero-order valence-electron chi connectivity index (χ0n) is 15.3. The molecule has 4 rings (SSSR count). The number of nitriles is 1. The fraction of sp³-hybridized carbons (Fsp3) is 0.300. The van der Waals surface area contributed by atoms with Gasteiger partial charge in [-0.05, 0) is 49.8 Å². The Morgan fingerprint density at radius 3 is 2.96 bits per heavy atom. The molecule has 0 fully saturated rings. The molecule has 0 saturated heterocycles. The molecule has 28 heavy (non-hydrogen) atoms. The Bertz CT molecular complexity index is 1060. The number of aryl methyl sites for hydroxylation is 2. The number of thioether (sulfide) groups is 1. The van der Waals surface area contributed by atoms with Crippen LogP contribution in [0.25, 0.3) is 11.5 Å². The normalized spacial score (nSPS) is 13.0. The smallest absolute Gasteiger partial charge is 0.277 e. The summed E-state index contributed by atoms with van der Waals surface area (Å²) in [6, 6.07) is 10.0. The quantitative estimate of drug-likeness (QED) is 0.619. The molecule has 0 saturated carbocycles. The number of carbonyl (C=O) groups excluding carboxylic acids is 1. The van der Waals surface area contributed by atoms with Crippen LogP contribution in [0, 0.1) is 18.3 Å². The molecular weight excluding hydrogens is 392 g/mol. The van der Waals surface area contributed by atoms with Crippen molar-refractivity contribution in [2.24, 2.45) is 0 Å². The standard InChI is InChI=1S/C20H18N4O2S2/c1-12-6-2-3-7-13(12)18-23-24-20(26-18)27-11-17(25)22-19-15(10-21)14-8-4-5-9-16(14)28-19/h2-3,6-7H,4-5,8-9,11H2,1H3,(H,22,25). The summed E-state index contributed by atoms with van der Waals surface area (Å²) >= 11 is 2.71. The number of nitrogens with zero attached hydrogens (tertiary/aromatic N) is 3. The van der Waals surface area contributed by atoms with Crippen LogP contribution >= 0.6 is 23.1 Å². The average molecular weight is 411 g/mol. The SMILES string of the molecule is Cc1ccccc1-c1nnc(SCC(=O)Nc2sc3c(c2C#N)CCCC3)o1. The van der Waals surface area contributed by atoms with Crippen molar-refractivity contribution in [3.63, 3.8) is 0 Å². The van der Waals surface area contributed by atoms with Crippen LogP contribution in [0.4, 0.5) is 5.00 Å². The highest BCUT2D eigenvalue weighted by atomic mass is 32.2. The van der Waals surface area contributed by atoms with Crippen LogP contribution in [0.1, 0.15) is 34.4 Å². The van der Waals surface area contributed by atoms with Gasteiger partial charge in [0.2, 0.25) is 11.8 Å². The van der Waals surface area contributed by atoms with Gasteiger partial charge >= 0.3 is 0 Å². The lowest BCUT2D eigenvalue weighted by atomic mass is 9.96. The second-order valence-corrected chi connectivity index (χ2v) is 8.58. The minimum Gasteiger partial charge on any atom is -0.411 e. The highest BCUT2D eigenvalue weighted by Gasteiger charge is 2.22. The molecular formula is C20H18N4O2S2. The van der Waals surface area contributed by atoms with Crippen LogP contribution in [0.5, 0.6) is 0 Å². The van der Waals surface area contributed by atoms with Crippen molar-refractivity contribution >= 4 is 34.0 Å². The van der Waals surface area contributed by atoms with Gasteiger partial charge in [-0.2, -0.15) is 5.26 Å². The van der Waals surface area contributed by atoms with E-state index in [1.54, 1.807) is 0 Å². The molecule has 1 amide bonds. The maximum Gasteiger partial charge on any atom is 0.277 e. The van der Waals surface area contributed by atoms with Gasteiger partial charge in [0.15, 0.2) is 0 Å². The van der Waals surface area contributed by atoms with Crippen molar-refractivity contribution in [3.05, 3.63) is 45.8 Å². The summed E-state index contributed by atoms with van der Waals surface area (Å²) in [6.07, 6.45) is 4.15. The molecule has 0 aliphatic heterocycles. The molecule has 3 aromatic rings. The third kappa shape index (κ3) is 3.81. The monoisotopic (exact) mass is 410 g/mol. The molecule has 1 aliphatic carbocycles. The van der Waals surface area contributed by atoms with E-state index in [2.05, 4.69) is 21.6 Å². The Labute approximate surface area is 171 Å². The van der Waals surface area contributed by atoms with E-state index >= 15 is 0 Å². The van der Waals surface area contributed by atoms with E-state index in [4.69, 9.17) is 4.42 Å². The number of fused-ring (bicyclic) bond motifs is 1. The first-order valence-electron chi connectivity index (χ1n) is 9.02. The summed E-state index contributed by atoms with van der Waals surface area (Å²) < 4.78 is 5.67. The van der Waals surface area contributed by atoms with Gasteiger partial charge in [0.1, 0.15) is 11.1 Å². The van der Waals surface area contributed by atoms with Crippen molar-refractivity contribution in [2.45, 2.75) is 37.8 Å². The Balaban J connectivity index is 1.40. The van der Waals surface area contributed by atoms with Crippen LogP contribution in [0.2, 0.25) is 0 Å². The maximum absolute atomic E-state index is 12.4. The van der Waals surface area contributed by atoms with Crippen LogP contribution in [0.15, 0.2) is 33.9 Å². The van der Waals surface area contributed by atoms with E-state index in [1.807, 2.05) is 31.2 Å². The van der Waals surface area contributed by atoms with E-state index in [1.165, 1.54) is 28.0 Å². The van der Waals surface area contributed by atoms with Gasteiger partial charge in [0.05, 0.1) is 11.3 Å². The molecule has 8 heteroatoms. The first kappa shape index (κ1) is 18.7. The van der Waals surface area contributed by atoms with E-state index in [0.29, 0.717) is 21.7 Å². The lowest BCUT2D eigenvalue weighted by Gasteiger charge is -2.09. The van der Waals surface area contributed by atoms with E-state index in [-0.39, 0.29) is 11.7 Å². The van der Waals surface area contributed by atoms with E-state index in [9.17, 15) is 10.1 Å². The van der Waals surface area contributed by atoms with Crippen LogP contribution < -0.4 is 5.32 Å². The van der Waals surface area contributed by atoms with Crippen molar-refractivity contribution in [3.8, 4) is 17.5 Å². The molecule has 0 atom stereocenters. The van der Waals surface area contributed by atoms with Gasteiger partial charge in [0, 0.05) is 10.4 Å². The van der Waals surface area contributed by atoms with Gasteiger partial charge in [-0.3, -0.25) is 4.79 Å². The first-order valence-corrected chi connectivity index (χ1v) is 10.8. The number of aromatic nitrogens is 2. The van der Waals surface area contributed by atoms with E-state index in [0.717, 1.165) is 42.4 Å². The number of carbonyl (C=O) groups is 1.